The zero-order chi connectivity index (χ0) is 13.0. The Morgan fingerprint density at radius 2 is 2.22 bits per heavy atom. The van der Waals surface area contributed by atoms with Crippen LogP contribution in [0.25, 0.3) is 0 Å². The first-order chi connectivity index (χ1) is 8.65. The summed E-state index contributed by atoms with van der Waals surface area (Å²) in [6.45, 7) is 5.21. The first kappa shape index (κ1) is 13.0. The summed E-state index contributed by atoms with van der Waals surface area (Å²) in [5.41, 5.74) is 0. The Bertz CT molecular complexity index is 510. The lowest BCUT2D eigenvalue weighted by Crippen LogP contribution is -2.09. The standard InChI is InChI=1S/C13H17N3OS/c1-10(2)7-16-13(14-9-15-16)8-18-12-5-3-4-11(17)6-12/h3-6,9-10,17H,7-8H2,1-2H3. The molecule has 1 N–H and O–H groups in total. The Hall–Kier alpha value is -1.49. The van der Waals surface area contributed by atoms with Crippen molar-refractivity contribution in [1.82, 2.24) is 14.8 Å². The normalized spacial score (nSPS) is 11.1. The Balaban J connectivity index is 2.00. The molecule has 0 radical (unpaired) electrons. The third kappa shape index (κ3) is 3.50. The zero-order valence-corrected chi connectivity index (χ0v) is 11.4. The third-order valence-corrected chi connectivity index (χ3v) is 3.41. The highest BCUT2D eigenvalue weighted by molar-refractivity contribution is 7.98. The van der Waals surface area contributed by atoms with Crippen LogP contribution in [0.2, 0.25) is 0 Å². The molecule has 0 aliphatic carbocycles. The van der Waals surface area contributed by atoms with Crippen LogP contribution in [0.5, 0.6) is 5.75 Å². The van der Waals surface area contributed by atoms with E-state index in [9.17, 15) is 5.11 Å². The lowest BCUT2D eigenvalue weighted by Gasteiger charge is -2.08. The van der Waals surface area contributed by atoms with Crippen LogP contribution < -0.4 is 0 Å². The highest BCUT2D eigenvalue weighted by atomic mass is 32.2. The van der Waals surface area contributed by atoms with Crippen molar-refractivity contribution in [2.45, 2.75) is 31.0 Å². The van der Waals surface area contributed by atoms with Crippen molar-refractivity contribution in [2.24, 2.45) is 5.92 Å². The van der Waals surface area contributed by atoms with Crippen LogP contribution in [0.4, 0.5) is 0 Å². The van der Waals surface area contributed by atoms with Crippen LogP contribution in [0.15, 0.2) is 35.5 Å². The van der Waals surface area contributed by atoms with Crippen LogP contribution in [-0.4, -0.2) is 19.9 Å². The van der Waals surface area contributed by atoms with Gasteiger partial charge in [-0.15, -0.1) is 11.8 Å². The molecule has 0 aliphatic heterocycles. The van der Waals surface area contributed by atoms with Crippen LogP contribution >= 0.6 is 11.8 Å². The average molecular weight is 263 g/mol. The molecule has 0 spiro atoms. The molecule has 1 heterocycles. The number of rotatable bonds is 5. The Morgan fingerprint density at radius 1 is 1.39 bits per heavy atom. The summed E-state index contributed by atoms with van der Waals surface area (Å²) in [7, 11) is 0. The number of aromatic nitrogens is 3. The van der Waals surface area contributed by atoms with Gasteiger partial charge in [0.15, 0.2) is 0 Å². The second-order valence-corrected chi connectivity index (χ2v) is 5.59. The summed E-state index contributed by atoms with van der Waals surface area (Å²) in [4.78, 5) is 5.31. The Morgan fingerprint density at radius 3 is 2.94 bits per heavy atom. The fourth-order valence-corrected chi connectivity index (χ4v) is 2.52. The molecule has 0 aliphatic rings. The van der Waals surface area contributed by atoms with E-state index < -0.39 is 0 Å². The molecule has 0 atom stereocenters. The van der Waals surface area contributed by atoms with Crippen molar-refractivity contribution in [3.8, 4) is 5.75 Å². The van der Waals surface area contributed by atoms with E-state index in [2.05, 4.69) is 23.9 Å². The summed E-state index contributed by atoms with van der Waals surface area (Å²) in [5.74, 6) is 2.58. The summed E-state index contributed by atoms with van der Waals surface area (Å²) in [6, 6.07) is 7.25. The van der Waals surface area contributed by atoms with Gasteiger partial charge in [0.1, 0.15) is 17.9 Å². The molecule has 96 valence electrons. The molecule has 0 unspecified atom stereocenters. The Kier molecular flexibility index (Phi) is 4.25. The molecule has 0 bridgehead atoms. The van der Waals surface area contributed by atoms with Crippen LogP contribution in [-0.2, 0) is 12.3 Å². The number of phenolic OH excluding ortho intramolecular Hbond substituents is 1. The van der Waals surface area contributed by atoms with Crippen LogP contribution in [0, 0.1) is 5.92 Å². The zero-order valence-electron chi connectivity index (χ0n) is 10.6. The van der Waals surface area contributed by atoms with Crippen LogP contribution in [0.1, 0.15) is 19.7 Å². The van der Waals surface area contributed by atoms with Gasteiger partial charge in [0.2, 0.25) is 0 Å². The number of phenols is 1. The SMILES string of the molecule is CC(C)Cn1ncnc1CSc1cccc(O)c1. The lowest BCUT2D eigenvalue weighted by atomic mass is 10.2. The van der Waals surface area contributed by atoms with Gasteiger partial charge in [-0.1, -0.05) is 19.9 Å². The number of aromatic hydroxyl groups is 1. The molecule has 0 amide bonds. The largest absolute Gasteiger partial charge is 0.508 e. The second kappa shape index (κ2) is 5.91. The minimum Gasteiger partial charge on any atom is -0.508 e. The number of hydrogen-bond acceptors (Lipinski definition) is 4. The highest BCUT2D eigenvalue weighted by Gasteiger charge is 2.07. The molecule has 2 aromatic rings. The third-order valence-electron chi connectivity index (χ3n) is 2.42. The lowest BCUT2D eigenvalue weighted by molar-refractivity contribution is 0.471. The maximum Gasteiger partial charge on any atom is 0.138 e. The van der Waals surface area contributed by atoms with Gasteiger partial charge >= 0.3 is 0 Å². The fourth-order valence-electron chi connectivity index (χ4n) is 1.62. The first-order valence-corrected chi connectivity index (χ1v) is 6.92. The van der Waals surface area contributed by atoms with E-state index in [0.717, 1.165) is 23.0 Å². The van der Waals surface area contributed by atoms with Crippen molar-refractivity contribution >= 4 is 11.8 Å². The van der Waals surface area contributed by atoms with E-state index in [1.54, 1.807) is 30.2 Å². The topological polar surface area (TPSA) is 50.9 Å². The van der Waals surface area contributed by atoms with Crippen molar-refractivity contribution in [3.05, 3.63) is 36.4 Å². The molecule has 4 nitrogen and oxygen atoms in total. The summed E-state index contributed by atoms with van der Waals surface area (Å²) >= 11 is 1.65. The van der Waals surface area contributed by atoms with Gasteiger partial charge in [-0.2, -0.15) is 5.10 Å². The van der Waals surface area contributed by atoms with Gasteiger partial charge in [0, 0.05) is 11.4 Å². The van der Waals surface area contributed by atoms with E-state index in [1.807, 2.05) is 16.8 Å². The highest BCUT2D eigenvalue weighted by Crippen LogP contribution is 2.24. The first-order valence-electron chi connectivity index (χ1n) is 5.93. The maximum atomic E-state index is 9.40. The van der Waals surface area contributed by atoms with E-state index in [1.165, 1.54) is 0 Å². The second-order valence-electron chi connectivity index (χ2n) is 4.54. The number of thioether (sulfide) groups is 1. The number of nitrogens with zero attached hydrogens (tertiary/aromatic N) is 3. The van der Waals surface area contributed by atoms with Gasteiger partial charge in [-0.3, -0.25) is 0 Å². The summed E-state index contributed by atoms with van der Waals surface area (Å²) < 4.78 is 1.94. The number of hydrogen-bond donors (Lipinski definition) is 1. The smallest absolute Gasteiger partial charge is 0.138 e. The van der Waals surface area contributed by atoms with E-state index in [-0.39, 0.29) is 0 Å². The van der Waals surface area contributed by atoms with Gasteiger partial charge in [-0.05, 0) is 24.1 Å². The average Bonchev–Trinajstić information content (AvgIpc) is 2.73. The molecule has 0 fully saturated rings. The van der Waals surface area contributed by atoms with Crippen LogP contribution in [0.3, 0.4) is 0 Å². The van der Waals surface area contributed by atoms with Crippen molar-refractivity contribution in [3.63, 3.8) is 0 Å². The van der Waals surface area contributed by atoms with Crippen molar-refractivity contribution < 1.29 is 5.11 Å². The molecular weight excluding hydrogens is 246 g/mol. The molecule has 1 aromatic heterocycles. The molecular formula is C13H17N3OS. The molecule has 18 heavy (non-hydrogen) atoms. The summed E-state index contributed by atoms with van der Waals surface area (Å²) in [6.07, 6.45) is 1.60. The fraction of sp³-hybridized carbons (Fsp3) is 0.385. The minimum atomic E-state index is 0.295. The van der Waals surface area contributed by atoms with Gasteiger partial charge in [0.25, 0.3) is 0 Å². The Labute approximate surface area is 111 Å². The monoisotopic (exact) mass is 263 g/mol. The van der Waals surface area contributed by atoms with Gasteiger partial charge < -0.3 is 5.11 Å². The summed E-state index contributed by atoms with van der Waals surface area (Å²) in [5, 5.41) is 13.6. The molecule has 1 aromatic carbocycles. The van der Waals surface area contributed by atoms with E-state index >= 15 is 0 Å². The molecule has 0 saturated carbocycles. The molecule has 5 heteroatoms. The quantitative estimate of drug-likeness (QED) is 0.843. The molecule has 2 rings (SSSR count). The number of benzene rings is 1. The molecule has 0 saturated heterocycles. The van der Waals surface area contributed by atoms with E-state index in [0.29, 0.717) is 11.7 Å². The van der Waals surface area contributed by atoms with Gasteiger partial charge in [-0.25, -0.2) is 9.67 Å². The predicted molar refractivity (Wildman–Crippen MR) is 72.5 cm³/mol. The maximum absolute atomic E-state index is 9.40. The predicted octanol–water partition coefficient (Wildman–Crippen LogP) is 2.93. The van der Waals surface area contributed by atoms with Crippen molar-refractivity contribution in [2.75, 3.05) is 0 Å². The van der Waals surface area contributed by atoms with Gasteiger partial charge in [0.05, 0.1) is 5.75 Å². The van der Waals surface area contributed by atoms with Crippen molar-refractivity contribution in [1.29, 1.82) is 0 Å². The minimum absolute atomic E-state index is 0.295. The van der Waals surface area contributed by atoms with E-state index in [4.69, 9.17) is 0 Å².